The van der Waals surface area contributed by atoms with Gasteiger partial charge in [-0.05, 0) is 104 Å². The first-order valence-electron chi connectivity index (χ1n) is 18.6. The van der Waals surface area contributed by atoms with Gasteiger partial charge in [-0.1, -0.05) is 49.2 Å². The van der Waals surface area contributed by atoms with Crippen LogP contribution in [0.3, 0.4) is 0 Å². The number of nitrogens with two attached hydrogens (primary N) is 1. The molecule has 0 bridgehead atoms. The Balaban J connectivity index is 1.55. The first-order chi connectivity index (χ1) is 24.7. The number of carbonyl (C=O) groups excluding carboxylic acids is 1. The minimum Gasteiger partial charge on any atom is -0.397 e. The SMILES string of the molecule is CCN(CC)c1ccc2c(c1)[Si](C)(C)c1cc(N(CC)CC)ccc1C21c2cc(C#CCN3CCOCC3)ccc2C(=O)N1c1ccccc1N. The molecule has 1 spiro atoms. The standard InChI is InChI=1S/C43H51N5O2Si/c1-7-46(8-2)32-18-21-35-40(29-32)51(5,6)41-30-33(47(9-3)10-4)19-22-36(41)43(35)37-28-31(14-13-23-45-24-26-50-27-25-45)17-20-34(37)42(49)48(43)39-16-12-11-15-38(39)44/h11-12,15-22,28-30H,7-10,23-27,44H2,1-6H3. The van der Waals surface area contributed by atoms with E-state index in [-0.39, 0.29) is 5.91 Å². The molecule has 8 heteroatoms. The van der Waals surface area contributed by atoms with Crippen molar-refractivity contribution >= 4 is 47.1 Å². The van der Waals surface area contributed by atoms with Crippen molar-refractivity contribution in [1.29, 1.82) is 0 Å². The van der Waals surface area contributed by atoms with Crippen LogP contribution in [0.15, 0.2) is 78.9 Å². The highest BCUT2D eigenvalue weighted by Gasteiger charge is 2.59. The number of hydrogen-bond acceptors (Lipinski definition) is 6. The average Bonchev–Trinajstić information content (AvgIpc) is 3.40. The summed E-state index contributed by atoms with van der Waals surface area (Å²) >= 11 is 0. The number of nitrogen functional groups attached to an aromatic ring is 1. The molecule has 7 nitrogen and oxygen atoms in total. The Hall–Kier alpha value is -4.55. The van der Waals surface area contributed by atoms with Gasteiger partial charge in [-0.2, -0.15) is 0 Å². The van der Waals surface area contributed by atoms with Crippen molar-refractivity contribution in [3.63, 3.8) is 0 Å². The molecule has 1 amide bonds. The molecule has 2 N–H and O–H groups in total. The van der Waals surface area contributed by atoms with Crippen LogP contribution >= 0.6 is 0 Å². The molecule has 0 aliphatic carbocycles. The second-order valence-electron chi connectivity index (χ2n) is 14.3. The normalized spacial score (nSPS) is 17.0. The molecule has 0 unspecified atom stereocenters. The summed E-state index contributed by atoms with van der Waals surface area (Å²) < 4.78 is 5.54. The summed E-state index contributed by atoms with van der Waals surface area (Å²) in [5, 5.41) is 2.69. The van der Waals surface area contributed by atoms with E-state index in [1.54, 1.807) is 0 Å². The molecule has 1 saturated heterocycles. The van der Waals surface area contributed by atoms with Gasteiger partial charge < -0.3 is 20.3 Å². The molecule has 3 aliphatic rings. The third kappa shape index (κ3) is 5.63. The molecule has 4 aromatic carbocycles. The molecule has 0 atom stereocenters. The Morgan fingerprint density at radius 3 is 1.94 bits per heavy atom. The Morgan fingerprint density at radius 1 is 0.784 bits per heavy atom. The molecule has 0 saturated carbocycles. The van der Waals surface area contributed by atoms with Gasteiger partial charge in [0.05, 0.1) is 31.1 Å². The molecular weight excluding hydrogens is 647 g/mol. The van der Waals surface area contributed by atoms with Crippen LogP contribution in [-0.2, 0) is 10.3 Å². The van der Waals surface area contributed by atoms with Gasteiger partial charge in [-0.25, -0.2) is 0 Å². The maximum Gasteiger partial charge on any atom is 0.260 e. The van der Waals surface area contributed by atoms with Crippen LogP contribution in [-0.4, -0.2) is 77.9 Å². The summed E-state index contributed by atoms with van der Waals surface area (Å²) in [5.74, 6) is 6.86. The zero-order valence-electron chi connectivity index (χ0n) is 31.1. The van der Waals surface area contributed by atoms with E-state index in [2.05, 4.69) is 110 Å². The second kappa shape index (κ2) is 13.9. The van der Waals surface area contributed by atoms with Gasteiger partial charge >= 0.3 is 0 Å². The van der Waals surface area contributed by atoms with Crippen molar-refractivity contribution in [2.45, 2.75) is 46.3 Å². The number of benzene rings is 4. The largest absolute Gasteiger partial charge is 0.397 e. The Kier molecular flexibility index (Phi) is 9.49. The van der Waals surface area contributed by atoms with Gasteiger partial charge in [-0.3, -0.25) is 14.6 Å². The number of morpholine rings is 1. The zero-order chi connectivity index (χ0) is 35.9. The Bertz CT molecular complexity index is 1950. The lowest BCUT2D eigenvalue weighted by atomic mass is 9.75. The average molecular weight is 698 g/mol. The molecule has 3 heterocycles. The highest BCUT2D eigenvalue weighted by atomic mass is 28.3. The van der Waals surface area contributed by atoms with E-state index in [1.807, 2.05) is 41.3 Å². The fraction of sp³-hybridized carbons (Fsp3) is 0.372. The maximum atomic E-state index is 15.1. The van der Waals surface area contributed by atoms with Crippen molar-refractivity contribution < 1.29 is 9.53 Å². The number of anilines is 4. The zero-order valence-corrected chi connectivity index (χ0v) is 32.1. The quantitative estimate of drug-likeness (QED) is 0.144. The van der Waals surface area contributed by atoms with E-state index in [4.69, 9.17) is 10.5 Å². The summed E-state index contributed by atoms with van der Waals surface area (Å²) in [6, 6.07) is 28.0. The van der Waals surface area contributed by atoms with Gasteiger partial charge in [0.25, 0.3) is 5.91 Å². The summed E-state index contributed by atoms with van der Waals surface area (Å²) in [5.41, 5.74) is 14.5. The van der Waals surface area contributed by atoms with E-state index in [0.717, 1.165) is 80.4 Å². The van der Waals surface area contributed by atoms with Crippen molar-refractivity contribution in [3.05, 3.63) is 107 Å². The van der Waals surface area contributed by atoms with E-state index in [1.165, 1.54) is 21.7 Å². The van der Waals surface area contributed by atoms with E-state index < -0.39 is 13.6 Å². The first kappa shape index (κ1) is 34.9. The molecule has 7 rings (SSSR count). The molecule has 0 aromatic heterocycles. The lowest BCUT2D eigenvalue weighted by Crippen LogP contribution is -2.66. The maximum absolute atomic E-state index is 15.1. The molecular formula is C43H51N5O2Si. The predicted octanol–water partition coefficient (Wildman–Crippen LogP) is 5.73. The first-order valence-corrected chi connectivity index (χ1v) is 21.6. The smallest absolute Gasteiger partial charge is 0.260 e. The minimum atomic E-state index is -2.34. The summed E-state index contributed by atoms with van der Waals surface area (Å²) in [7, 11) is -2.34. The van der Waals surface area contributed by atoms with Gasteiger partial charge in [0.2, 0.25) is 0 Å². The van der Waals surface area contributed by atoms with E-state index >= 15 is 4.79 Å². The summed E-state index contributed by atoms with van der Waals surface area (Å²) in [6.45, 7) is 21.5. The van der Waals surface area contributed by atoms with Crippen LogP contribution in [0.4, 0.5) is 22.7 Å². The van der Waals surface area contributed by atoms with Crippen LogP contribution in [0.1, 0.15) is 60.3 Å². The van der Waals surface area contributed by atoms with E-state index in [0.29, 0.717) is 17.8 Å². The molecule has 264 valence electrons. The third-order valence-corrected chi connectivity index (χ3v) is 14.9. The van der Waals surface area contributed by atoms with Gasteiger partial charge in [0.1, 0.15) is 13.6 Å². The monoisotopic (exact) mass is 697 g/mol. The number of carbonyl (C=O) groups is 1. The van der Waals surface area contributed by atoms with Crippen molar-refractivity contribution in [2.24, 2.45) is 0 Å². The Labute approximate surface area is 305 Å². The van der Waals surface area contributed by atoms with Gasteiger partial charge in [0.15, 0.2) is 0 Å². The van der Waals surface area contributed by atoms with Crippen LogP contribution in [0, 0.1) is 11.8 Å². The molecule has 3 aliphatic heterocycles. The minimum absolute atomic E-state index is 0.0466. The fourth-order valence-electron chi connectivity index (χ4n) is 8.62. The van der Waals surface area contributed by atoms with Crippen LogP contribution < -0.4 is 30.8 Å². The molecule has 0 radical (unpaired) electrons. The highest BCUT2D eigenvalue weighted by molar-refractivity contribution is 7.01. The number of nitrogens with zero attached hydrogens (tertiary/aromatic N) is 4. The number of amides is 1. The molecule has 1 fully saturated rings. The van der Waals surface area contributed by atoms with Crippen molar-refractivity contribution in [3.8, 4) is 11.8 Å². The predicted molar refractivity (Wildman–Crippen MR) is 215 cm³/mol. The van der Waals surface area contributed by atoms with Gasteiger partial charge in [0, 0.05) is 67.3 Å². The van der Waals surface area contributed by atoms with Crippen LogP contribution in [0.25, 0.3) is 0 Å². The number of ether oxygens (including phenoxy) is 1. The lowest BCUT2D eigenvalue weighted by Gasteiger charge is -2.49. The number of para-hydroxylation sites is 2. The van der Waals surface area contributed by atoms with Crippen molar-refractivity contribution in [2.75, 3.05) is 79.5 Å². The van der Waals surface area contributed by atoms with Crippen LogP contribution in [0.5, 0.6) is 0 Å². The fourth-order valence-corrected chi connectivity index (χ4v) is 11.8. The topological polar surface area (TPSA) is 65.3 Å². The van der Waals surface area contributed by atoms with E-state index in [9.17, 15) is 0 Å². The number of hydrogen-bond donors (Lipinski definition) is 1. The Morgan fingerprint density at radius 2 is 1.37 bits per heavy atom. The van der Waals surface area contributed by atoms with Crippen molar-refractivity contribution in [1.82, 2.24) is 4.90 Å². The second-order valence-corrected chi connectivity index (χ2v) is 18.6. The molecule has 51 heavy (non-hydrogen) atoms. The number of fused-ring (bicyclic) bond motifs is 6. The summed E-state index contributed by atoms with van der Waals surface area (Å²) in [4.78, 5) is 24.3. The van der Waals surface area contributed by atoms with Crippen LogP contribution in [0.2, 0.25) is 13.1 Å². The van der Waals surface area contributed by atoms with Gasteiger partial charge in [-0.15, -0.1) is 0 Å². The number of rotatable bonds is 8. The third-order valence-electron chi connectivity index (χ3n) is 11.4. The summed E-state index contributed by atoms with van der Waals surface area (Å²) in [6.07, 6.45) is 0. The lowest BCUT2D eigenvalue weighted by molar-refractivity contribution is 0.0443. The molecule has 4 aromatic rings. The highest BCUT2D eigenvalue weighted by Crippen LogP contribution is 2.54.